The molecule has 0 bridgehead atoms. The van der Waals surface area contributed by atoms with E-state index in [1.807, 2.05) is 49.7 Å². The van der Waals surface area contributed by atoms with E-state index in [4.69, 9.17) is 0 Å². The van der Waals surface area contributed by atoms with Crippen molar-refractivity contribution in [2.75, 3.05) is 0 Å². The van der Waals surface area contributed by atoms with Crippen LogP contribution in [0, 0.1) is 13.8 Å². The average molecular weight is 358 g/mol. The van der Waals surface area contributed by atoms with E-state index in [9.17, 15) is 9.59 Å². The summed E-state index contributed by atoms with van der Waals surface area (Å²) in [5.74, 6) is -0.146. The fraction of sp³-hybridized carbons (Fsp3) is 0.263. The standard InChI is InChI=1S/C19H19NO2S2/c1-10-6-8-14(23-10)18-16(12(3)21)17(13(4)22)19(20(18)5)15-9-7-11(2)24-15/h6-9H,1-5H3. The number of carbonyl (C=O) groups is 2. The van der Waals surface area contributed by atoms with Gasteiger partial charge in [-0.25, -0.2) is 0 Å². The molecule has 0 spiro atoms. The van der Waals surface area contributed by atoms with Gasteiger partial charge in [0.2, 0.25) is 0 Å². The van der Waals surface area contributed by atoms with Gasteiger partial charge in [0.1, 0.15) is 0 Å². The summed E-state index contributed by atoms with van der Waals surface area (Å²) in [6.45, 7) is 7.16. The number of aryl methyl sites for hydroxylation is 2. The van der Waals surface area contributed by atoms with Gasteiger partial charge in [-0.15, -0.1) is 22.7 Å². The molecule has 5 heteroatoms. The van der Waals surface area contributed by atoms with Crippen molar-refractivity contribution in [3.63, 3.8) is 0 Å². The SMILES string of the molecule is CC(=O)c1c(C(C)=O)c(-c2ccc(C)s2)n(C)c1-c1ccc(C)s1. The van der Waals surface area contributed by atoms with Gasteiger partial charge in [-0.1, -0.05) is 0 Å². The Hall–Kier alpha value is -1.98. The summed E-state index contributed by atoms with van der Waals surface area (Å²) in [4.78, 5) is 29.2. The minimum atomic E-state index is -0.0728. The van der Waals surface area contributed by atoms with Crippen LogP contribution in [0.1, 0.15) is 44.3 Å². The molecule has 3 nitrogen and oxygen atoms in total. The molecule has 0 aliphatic carbocycles. The summed E-state index contributed by atoms with van der Waals surface area (Å²) in [6.07, 6.45) is 0. The second kappa shape index (κ2) is 6.15. The number of hydrogen-bond donors (Lipinski definition) is 0. The molecule has 0 saturated heterocycles. The molecule has 0 saturated carbocycles. The van der Waals surface area contributed by atoms with E-state index < -0.39 is 0 Å². The van der Waals surface area contributed by atoms with Crippen LogP contribution in [0.25, 0.3) is 21.1 Å². The molecule has 0 atom stereocenters. The van der Waals surface area contributed by atoms with Gasteiger partial charge in [0.05, 0.1) is 32.3 Å². The molecule has 3 heterocycles. The van der Waals surface area contributed by atoms with Crippen molar-refractivity contribution in [2.24, 2.45) is 7.05 Å². The van der Waals surface area contributed by atoms with E-state index in [1.165, 1.54) is 23.6 Å². The van der Waals surface area contributed by atoms with Crippen molar-refractivity contribution in [3.05, 3.63) is 45.1 Å². The van der Waals surface area contributed by atoms with Crippen molar-refractivity contribution >= 4 is 34.2 Å². The van der Waals surface area contributed by atoms with Crippen LogP contribution < -0.4 is 0 Å². The van der Waals surface area contributed by atoms with Crippen molar-refractivity contribution < 1.29 is 9.59 Å². The van der Waals surface area contributed by atoms with E-state index in [0.717, 1.165) is 21.1 Å². The third-order valence-electron chi connectivity index (χ3n) is 4.05. The van der Waals surface area contributed by atoms with Gasteiger partial charge < -0.3 is 4.57 Å². The van der Waals surface area contributed by atoms with Gasteiger partial charge in [-0.2, -0.15) is 0 Å². The fourth-order valence-electron chi connectivity index (χ4n) is 3.07. The van der Waals surface area contributed by atoms with Gasteiger partial charge in [-0.05, 0) is 52.0 Å². The molecule has 0 unspecified atom stereocenters. The van der Waals surface area contributed by atoms with E-state index in [-0.39, 0.29) is 11.6 Å². The molecule has 3 rings (SSSR count). The highest BCUT2D eigenvalue weighted by atomic mass is 32.1. The Bertz CT molecular complexity index is 881. The largest absolute Gasteiger partial charge is 0.341 e. The van der Waals surface area contributed by atoms with Crippen LogP contribution in [0.4, 0.5) is 0 Å². The van der Waals surface area contributed by atoms with Gasteiger partial charge in [0.25, 0.3) is 0 Å². The van der Waals surface area contributed by atoms with Crippen LogP contribution in [0.15, 0.2) is 24.3 Å². The monoisotopic (exact) mass is 357 g/mol. The van der Waals surface area contributed by atoms with Gasteiger partial charge in [0, 0.05) is 16.8 Å². The fourth-order valence-corrected chi connectivity index (χ4v) is 4.98. The first-order chi connectivity index (χ1) is 11.3. The number of ketones is 2. The van der Waals surface area contributed by atoms with Crippen molar-refractivity contribution in [1.29, 1.82) is 0 Å². The molecule has 0 amide bonds. The first kappa shape index (κ1) is 16.9. The van der Waals surface area contributed by atoms with Crippen molar-refractivity contribution in [2.45, 2.75) is 27.7 Å². The molecule has 124 valence electrons. The Labute approximate surface area is 149 Å². The molecule has 24 heavy (non-hydrogen) atoms. The molecule has 0 aromatic carbocycles. The highest BCUT2D eigenvalue weighted by Crippen LogP contribution is 2.41. The molecular weight excluding hydrogens is 338 g/mol. The van der Waals surface area contributed by atoms with Crippen LogP contribution >= 0.6 is 22.7 Å². The van der Waals surface area contributed by atoms with Crippen LogP contribution in [-0.4, -0.2) is 16.1 Å². The number of rotatable bonds is 4. The van der Waals surface area contributed by atoms with E-state index in [1.54, 1.807) is 22.7 Å². The second-order valence-corrected chi connectivity index (χ2v) is 8.51. The normalized spacial score (nSPS) is 11.0. The maximum atomic E-state index is 12.4. The molecule has 0 N–H and O–H groups in total. The van der Waals surface area contributed by atoms with Crippen LogP contribution in [0.5, 0.6) is 0 Å². The Kier molecular flexibility index (Phi) is 4.32. The third-order valence-corrected chi connectivity index (χ3v) is 6.06. The van der Waals surface area contributed by atoms with Crippen molar-refractivity contribution in [3.8, 4) is 21.1 Å². The number of aromatic nitrogens is 1. The van der Waals surface area contributed by atoms with Gasteiger partial charge >= 0.3 is 0 Å². The van der Waals surface area contributed by atoms with Crippen molar-refractivity contribution in [1.82, 2.24) is 4.57 Å². The zero-order valence-corrected chi connectivity index (χ0v) is 16.0. The third kappa shape index (κ3) is 2.68. The quantitative estimate of drug-likeness (QED) is 0.578. The maximum absolute atomic E-state index is 12.4. The predicted molar refractivity (Wildman–Crippen MR) is 102 cm³/mol. The summed E-state index contributed by atoms with van der Waals surface area (Å²) in [5.41, 5.74) is 2.75. The molecule has 3 aromatic heterocycles. The van der Waals surface area contributed by atoms with E-state index in [2.05, 4.69) is 0 Å². The lowest BCUT2D eigenvalue weighted by Crippen LogP contribution is -2.02. The van der Waals surface area contributed by atoms with E-state index >= 15 is 0 Å². The molecule has 0 fully saturated rings. The lowest BCUT2D eigenvalue weighted by molar-refractivity contribution is 0.0982. The Morgan fingerprint density at radius 2 is 1.17 bits per heavy atom. The number of nitrogens with zero attached hydrogens (tertiary/aromatic N) is 1. The number of carbonyl (C=O) groups excluding carboxylic acids is 2. The molecule has 0 radical (unpaired) electrons. The summed E-state index contributed by atoms with van der Waals surface area (Å²) >= 11 is 3.28. The van der Waals surface area contributed by atoms with Gasteiger partial charge in [-0.3, -0.25) is 9.59 Å². The zero-order chi connectivity index (χ0) is 17.6. The minimum Gasteiger partial charge on any atom is -0.341 e. The lowest BCUT2D eigenvalue weighted by Gasteiger charge is -2.06. The topological polar surface area (TPSA) is 39.1 Å². The highest BCUT2D eigenvalue weighted by Gasteiger charge is 2.29. The molecular formula is C19H19NO2S2. The maximum Gasteiger partial charge on any atom is 0.162 e. The Balaban J connectivity index is 2.42. The highest BCUT2D eigenvalue weighted by molar-refractivity contribution is 7.16. The van der Waals surface area contributed by atoms with E-state index in [0.29, 0.717) is 11.1 Å². The number of hydrogen-bond acceptors (Lipinski definition) is 4. The first-order valence-corrected chi connectivity index (χ1v) is 9.32. The smallest absolute Gasteiger partial charge is 0.162 e. The lowest BCUT2D eigenvalue weighted by atomic mass is 10.0. The number of Topliss-reactive ketones (excluding diaryl/α,β-unsaturated/α-hetero) is 2. The van der Waals surface area contributed by atoms with Crippen LogP contribution in [0.3, 0.4) is 0 Å². The van der Waals surface area contributed by atoms with Crippen LogP contribution in [0.2, 0.25) is 0 Å². The molecule has 0 aliphatic rings. The first-order valence-electron chi connectivity index (χ1n) is 7.69. The van der Waals surface area contributed by atoms with Crippen LogP contribution in [-0.2, 0) is 7.05 Å². The Morgan fingerprint density at radius 3 is 1.42 bits per heavy atom. The summed E-state index contributed by atoms with van der Waals surface area (Å²) in [7, 11) is 1.94. The molecule has 3 aromatic rings. The zero-order valence-electron chi connectivity index (χ0n) is 14.4. The Morgan fingerprint density at radius 1 is 0.792 bits per heavy atom. The predicted octanol–water partition coefficient (Wildman–Crippen LogP) is 5.50. The molecule has 0 aliphatic heterocycles. The summed E-state index contributed by atoms with van der Waals surface area (Å²) in [6, 6.07) is 8.13. The summed E-state index contributed by atoms with van der Waals surface area (Å²) < 4.78 is 2.00. The number of thiophene rings is 2. The second-order valence-electron chi connectivity index (χ2n) is 5.94. The minimum absolute atomic E-state index is 0.0728. The summed E-state index contributed by atoms with van der Waals surface area (Å²) in [5, 5.41) is 0. The average Bonchev–Trinajstić information content (AvgIpc) is 3.16. The van der Waals surface area contributed by atoms with Gasteiger partial charge in [0.15, 0.2) is 11.6 Å².